The van der Waals surface area contributed by atoms with E-state index in [1.165, 1.54) is 17.0 Å². The minimum Gasteiger partial charge on any atom is -0.465 e. The molecule has 2 N–H and O–H groups in total. The van der Waals surface area contributed by atoms with E-state index in [4.69, 9.17) is 5.10 Å². The summed E-state index contributed by atoms with van der Waals surface area (Å²) in [5, 5.41) is 21.7. The minimum atomic E-state index is -0.913. The topological polar surface area (TPSA) is 116 Å². The van der Waals surface area contributed by atoms with Crippen LogP contribution in [0.1, 0.15) is 6.42 Å². The number of hydrogen-bond acceptors (Lipinski definition) is 6. The van der Waals surface area contributed by atoms with Crippen molar-refractivity contribution in [3.8, 4) is 33.6 Å². The molecule has 8 rings (SSSR count). The predicted octanol–water partition coefficient (Wildman–Crippen LogP) is 5.22. The molecule has 208 valence electrons. The predicted molar refractivity (Wildman–Crippen MR) is 151 cm³/mol. The van der Waals surface area contributed by atoms with E-state index in [9.17, 15) is 14.3 Å². The summed E-state index contributed by atoms with van der Waals surface area (Å²) in [4.78, 5) is 23.8. The van der Waals surface area contributed by atoms with Gasteiger partial charge in [-0.3, -0.25) is 10.1 Å². The van der Waals surface area contributed by atoms with E-state index in [0.29, 0.717) is 57.9 Å². The molecule has 2 saturated heterocycles. The van der Waals surface area contributed by atoms with Gasteiger partial charge in [0.2, 0.25) is 0 Å². The van der Waals surface area contributed by atoms with Gasteiger partial charge in [0.25, 0.3) is 0 Å². The number of likely N-dealkylation sites (tertiary alicyclic amines) is 1. The second kappa shape index (κ2) is 9.06. The number of carbonyl (C=O) groups is 1. The fourth-order valence-electron chi connectivity index (χ4n) is 6.44. The van der Waals surface area contributed by atoms with Crippen molar-refractivity contribution in [3.63, 3.8) is 0 Å². The van der Waals surface area contributed by atoms with Crippen LogP contribution in [0.15, 0.2) is 73.3 Å². The molecule has 0 saturated carbocycles. The highest BCUT2D eigenvalue weighted by Crippen LogP contribution is 2.40. The molecule has 4 aromatic heterocycles. The van der Waals surface area contributed by atoms with Gasteiger partial charge in [0.1, 0.15) is 22.8 Å². The highest BCUT2D eigenvalue weighted by Gasteiger charge is 2.45. The van der Waals surface area contributed by atoms with Gasteiger partial charge in [0.15, 0.2) is 5.65 Å². The van der Waals surface area contributed by atoms with Crippen molar-refractivity contribution in [2.24, 2.45) is 0 Å². The molecule has 10 nitrogen and oxygen atoms in total. The van der Waals surface area contributed by atoms with Gasteiger partial charge in [-0.15, -0.1) is 0 Å². The molecule has 0 spiro atoms. The SMILES string of the molecule is O=C(O)N1CC2CC1CN2c1ccc(-c2ccnc3c(-c4ccc(F)c5[nH]ncc45)c(-c4ccncc4)nn23)c(F)c1. The maximum Gasteiger partial charge on any atom is 0.407 e. The molecule has 2 fully saturated rings. The average molecular weight is 565 g/mol. The van der Waals surface area contributed by atoms with Crippen LogP contribution in [-0.4, -0.2) is 71.1 Å². The number of nitrogens with zero attached hydrogens (tertiary/aromatic N) is 7. The lowest BCUT2D eigenvalue weighted by atomic mass is 9.98. The van der Waals surface area contributed by atoms with E-state index in [1.54, 1.807) is 47.5 Å². The van der Waals surface area contributed by atoms with Crippen LogP contribution in [-0.2, 0) is 0 Å². The van der Waals surface area contributed by atoms with Crippen LogP contribution in [0.5, 0.6) is 0 Å². The van der Waals surface area contributed by atoms with Crippen LogP contribution in [0.4, 0.5) is 19.3 Å². The first kappa shape index (κ1) is 24.4. The number of carboxylic acid groups (broad SMARTS) is 1. The molecule has 2 aliphatic rings. The van der Waals surface area contributed by atoms with E-state index in [1.807, 2.05) is 18.2 Å². The molecular weight excluding hydrogens is 542 g/mol. The molecule has 2 aromatic carbocycles. The van der Waals surface area contributed by atoms with E-state index in [2.05, 4.69) is 25.1 Å². The molecule has 0 radical (unpaired) electrons. The van der Waals surface area contributed by atoms with Gasteiger partial charge in [-0.25, -0.2) is 23.1 Å². The van der Waals surface area contributed by atoms with Crippen LogP contribution in [0.3, 0.4) is 0 Å². The van der Waals surface area contributed by atoms with Crippen molar-refractivity contribution in [1.29, 1.82) is 0 Å². The van der Waals surface area contributed by atoms with Crippen LogP contribution < -0.4 is 4.90 Å². The maximum absolute atomic E-state index is 15.9. The Bertz CT molecular complexity index is 2020. The lowest BCUT2D eigenvalue weighted by Gasteiger charge is -2.34. The second-order valence-corrected chi connectivity index (χ2v) is 10.6. The monoisotopic (exact) mass is 564 g/mol. The number of hydrogen-bond donors (Lipinski definition) is 2. The van der Waals surface area contributed by atoms with E-state index < -0.39 is 17.7 Å². The largest absolute Gasteiger partial charge is 0.465 e. The first-order valence-corrected chi connectivity index (χ1v) is 13.4. The Hall–Kier alpha value is -5.39. The smallest absolute Gasteiger partial charge is 0.407 e. The van der Waals surface area contributed by atoms with Gasteiger partial charge in [-0.1, -0.05) is 6.07 Å². The summed E-state index contributed by atoms with van der Waals surface area (Å²) in [6.45, 7) is 0.947. The molecule has 6 heterocycles. The molecule has 2 atom stereocenters. The summed E-state index contributed by atoms with van der Waals surface area (Å²) in [6, 6.07) is 13.4. The second-order valence-electron chi connectivity index (χ2n) is 10.6. The fraction of sp³-hybridized carbons (Fsp3) is 0.167. The molecule has 12 heteroatoms. The zero-order valence-corrected chi connectivity index (χ0v) is 21.9. The molecule has 0 aliphatic carbocycles. The summed E-state index contributed by atoms with van der Waals surface area (Å²) in [5.41, 5.74) is 4.99. The highest BCUT2D eigenvalue weighted by atomic mass is 19.1. The van der Waals surface area contributed by atoms with Crippen molar-refractivity contribution < 1.29 is 18.7 Å². The number of halogens is 2. The number of fused-ring (bicyclic) bond motifs is 4. The fourth-order valence-corrected chi connectivity index (χ4v) is 6.44. The summed E-state index contributed by atoms with van der Waals surface area (Å²) in [6.07, 6.45) is 6.32. The van der Waals surface area contributed by atoms with Crippen LogP contribution in [0.2, 0.25) is 0 Å². The third kappa shape index (κ3) is 3.57. The first-order chi connectivity index (χ1) is 20.5. The molecular formula is C30H22F2N8O2. The van der Waals surface area contributed by atoms with Crippen LogP contribution in [0.25, 0.3) is 50.2 Å². The molecule has 42 heavy (non-hydrogen) atoms. The summed E-state index contributed by atoms with van der Waals surface area (Å²) in [7, 11) is 0. The summed E-state index contributed by atoms with van der Waals surface area (Å²) >= 11 is 0. The quantitative estimate of drug-likeness (QED) is 0.302. The van der Waals surface area contributed by atoms with Gasteiger partial charge in [0.05, 0.1) is 23.5 Å². The van der Waals surface area contributed by atoms with Crippen molar-refractivity contribution >= 4 is 28.3 Å². The zero-order valence-electron chi connectivity index (χ0n) is 21.9. The van der Waals surface area contributed by atoms with Crippen molar-refractivity contribution in [2.75, 3.05) is 18.0 Å². The number of piperazine rings is 1. The number of aromatic amines is 1. The number of amides is 1. The molecule has 2 aliphatic heterocycles. The summed E-state index contributed by atoms with van der Waals surface area (Å²) < 4.78 is 32.1. The minimum absolute atomic E-state index is 0.0241. The Balaban J connectivity index is 1.27. The molecule has 2 bridgehead atoms. The van der Waals surface area contributed by atoms with Crippen LogP contribution >= 0.6 is 0 Å². The number of H-pyrrole nitrogens is 1. The normalized spacial score (nSPS) is 18.0. The Morgan fingerprint density at radius 1 is 0.952 bits per heavy atom. The Kier molecular flexibility index (Phi) is 5.27. The number of nitrogens with one attached hydrogen (secondary N) is 1. The average Bonchev–Trinajstić information content (AvgIpc) is 3.81. The van der Waals surface area contributed by atoms with Gasteiger partial charge in [-0.2, -0.15) is 10.2 Å². The van der Waals surface area contributed by atoms with Gasteiger partial charge < -0.3 is 14.9 Å². The van der Waals surface area contributed by atoms with Crippen LogP contribution in [0, 0.1) is 11.6 Å². The molecule has 6 aromatic rings. The lowest BCUT2D eigenvalue weighted by Crippen LogP contribution is -2.48. The van der Waals surface area contributed by atoms with E-state index >= 15 is 4.39 Å². The summed E-state index contributed by atoms with van der Waals surface area (Å²) in [5.74, 6) is -0.856. The number of pyridine rings is 1. The number of benzene rings is 2. The molecule has 2 unspecified atom stereocenters. The third-order valence-corrected chi connectivity index (χ3v) is 8.35. The third-order valence-electron chi connectivity index (χ3n) is 8.35. The Morgan fingerprint density at radius 2 is 1.79 bits per heavy atom. The van der Waals surface area contributed by atoms with Gasteiger partial charge in [-0.05, 0) is 54.4 Å². The number of anilines is 1. The maximum atomic E-state index is 15.9. The number of rotatable bonds is 4. The van der Waals surface area contributed by atoms with E-state index in [-0.39, 0.29) is 17.6 Å². The molecule has 1 amide bonds. The standard InChI is InChI=1S/C30H22F2N8O2/c31-23-4-3-20(22-13-35-36-28(22)23)26-27(16-5-8-33-9-6-16)37-40-25(7-10-34-29(26)40)21-2-1-17(12-24(21)32)38-14-19-11-18(38)15-39(19)30(41)42/h1-10,12-13,18-19H,11,14-15H2,(H,35,36)(H,41,42). The number of aromatic nitrogens is 6. The van der Waals surface area contributed by atoms with E-state index in [0.717, 1.165) is 12.0 Å². The van der Waals surface area contributed by atoms with Crippen molar-refractivity contribution in [1.82, 2.24) is 34.7 Å². The van der Waals surface area contributed by atoms with Crippen molar-refractivity contribution in [2.45, 2.75) is 18.5 Å². The van der Waals surface area contributed by atoms with Crippen molar-refractivity contribution in [3.05, 3.63) is 85.0 Å². The lowest BCUT2D eigenvalue weighted by molar-refractivity contribution is 0.137. The Morgan fingerprint density at radius 3 is 2.55 bits per heavy atom. The highest BCUT2D eigenvalue weighted by molar-refractivity contribution is 6.03. The zero-order chi connectivity index (χ0) is 28.5. The van der Waals surface area contributed by atoms with Gasteiger partial charge in [0, 0.05) is 59.9 Å². The Labute approximate surface area is 236 Å². The first-order valence-electron chi connectivity index (χ1n) is 13.4. The van der Waals surface area contributed by atoms with Gasteiger partial charge >= 0.3 is 6.09 Å².